The number of aromatic hydroxyl groups is 1. The van der Waals surface area contributed by atoms with Crippen LogP contribution in [0.5, 0.6) is 5.75 Å². The van der Waals surface area contributed by atoms with Crippen molar-refractivity contribution in [1.29, 1.82) is 0 Å². The lowest BCUT2D eigenvalue weighted by molar-refractivity contribution is -0.143. The summed E-state index contributed by atoms with van der Waals surface area (Å²) in [7, 11) is 0. The number of carbonyl (C=O) groups excluding carboxylic acids is 4. The normalized spacial score (nSPS) is 14.6. The van der Waals surface area contributed by atoms with E-state index < -0.39 is 72.1 Å². The summed E-state index contributed by atoms with van der Waals surface area (Å²) in [4.78, 5) is 72.5. The highest BCUT2D eigenvalue weighted by molar-refractivity contribution is 5.94. The number of primary amides is 1. The average Bonchev–Trinajstić information content (AvgIpc) is 2.87. The molecule has 14 nitrogen and oxygen atoms in total. The van der Waals surface area contributed by atoms with Crippen LogP contribution < -0.4 is 27.4 Å². The molecule has 14 heteroatoms. The number of phenols is 1. The van der Waals surface area contributed by atoms with Crippen LogP contribution in [0.4, 0.5) is 0 Å². The minimum absolute atomic E-state index is 0.0124. The molecule has 5 unspecified atom stereocenters. The smallest absolute Gasteiger partial charge is 0.326 e. The third-order valence-corrected chi connectivity index (χ3v) is 6.10. The number of aliphatic carboxylic acids is 2. The average molecular weight is 552 g/mol. The van der Waals surface area contributed by atoms with Gasteiger partial charge >= 0.3 is 11.9 Å². The largest absolute Gasteiger partial charge is 0.508 e. The molecule has 0 aliphatic rings. The van der Waals surface area contributed by atoms with E-state index in [9.17, 15) is 39.0 Å². The van der Waals surface area contributed by atoms with E-state index in [4.69, 9.17) is 16.6 Å². The Balaban J connectivity index is 3.15. The summed E-state index contributed by atoms with van der Waals surface area (Å²) in [6.07, 6.45) is -0.690. The minimum atomic E-state index is -1.49. The zero-order valence-corrected chi connectivity index (χ0v) is 21.9. The van der Waals surface area contributed by atoms with Crippen molar-refractivity contribution in [2.24, 2.45) is 17.4 Å². The number of carboxylic acids is 2. The Labute approximate surface area is 225 Å². The molecule has 216 valence electrons. The maximum Gasteiger partial charge on any atom is 0.326 e. The van der Waals surface area contributed by atoms with Crippen molar-refractivity contribution in [3.63, 3.8) is 0 Å². The molecule has 0 spiro atoms. The zero-order valence-electron chi connectivity index (χ0n) is 21.9. The maximum absolute atomic E-state index is 13.3. The fourth-order valence-electron chi connectivity index (χ4n) is 3.53. The molecule has 0 fully saturated rings. The molecule has 0 aliphatic carbocycles. The summed E-state index contributed by atoms with van der Waals surface area (Å²) in [6.45, 7) is 3.41. The van der Waals surface area contributed by atoms with Gasteiger partial charge in [-0.25, -0.2) is 4.79 Å². The lowest BCUT2D eigenvalue weighted by Crippen LogP contribution is -2.59. The third-order valence-electron chi connectivity index (χ3n) is 6.10. The van der Waals surface area contributed by atoms with E-state index in [1.807, 2.05) is 0 Å². The van der Waals surface area contributed by atoms with Crippen LogP contribution in [-0.2, 0) is 35.2 Å². The first-order valence-corrected chi connectivity index (χ1v) is 12.4. The Bertz CT molecular complexity index is 1030. The second kappa shape index (κ2) is 15.9. The third kappa shape index (κ3) is 11.8. The topological polar surface area (TPSA) is 251 Å². The highest BCUT2D eigenvalue weighted by atomic mass is 16.4. The van der Waals surface area contributed by atoms with Crippen LogP contribution in [0, 0.1) is 5.92 Å². The standard InChI is InChI=1S/C25H37N5O9/c1-3-13(2)21(24(37)28-17(25(38)39)9-11-20(33)34)30-23(36)18(12-14-4-6-15(31)7-5-14)29-22(35)16(26)8-10-19(27)32/h4-7,13,16-18,21,31H,3,8-12,26H2,1-2H3,(H2,27,32)(H,28,37)(H,29,35)(H,30,36)(H,33,34)(H,38,39). The van der Waals surface area contributed by atoms with E-state index >= 15 is 0 Å². The van der Waals surface area contributed by atoms with E-state index in [2.05, 4.69) is 16.0 Å². The fraction of sp³-hybridized carbons (Fsp3) is 0.520. The number of carboxylic acid groups (broad SMARTS) is 2. The first-order valence-electron chi connectivity index (χ1n) is 12.4. The lowest BCUT2D eigenvalue weighted by Gasteiger charge is -2.28. The Kier molecular flexibility index (Phi) is 13.4. The van der Waals surface area contributed by atoms with Gasteiger partial charge in [0.05, 0.1) is 6.04 Å². The van der Waals surface area contributed by atoms with Gasteiger partial charge in [0.15, 0.2) is 0 Å². The number of nitrogens with two attached hydrogens (primary N) is 2. The number of benzene rings is 1. The molecular formula is C25H37N5O9. The van der Waals surface area contributed by atoms with E-state index in [-0.39, 0.29) is 31.4 Å². The molecule has 4 amide bonds. The van der Waals surface area contributed by atoms with Gasteiger partial charge < -0.3 is 42.7 Å². The van der Waals surface area contributed by atoms with Crippen molar-refractivity contribution < 1.29 is 44.1 Å². The summed E-state index contributed by atoms with van der Waals surface area (Å²) in [5.74, 6) is -6.13. The molecular weight excluding hydrogens is 514 g/mol. The maximum atomic E-state index is 13.3. The molecule has 0 aromatic heterocycles. The van der Waals surface area contributed by atoms with Crippen molar-refractivity contribution in [3.05, 3.63) is 29.8 Å². The Hall–Kier alpha value is -4.20. The number of nitrogens with one attached hydrogen (secondary N) is 3. The van der Waals surface area contributed by atoms with Crippen LogP contribution >= 0.6 is 0 Å². The predicted molar refractivity (Wildman–Crippen MR) is 138 cm³/mol. The molecule has 0 saturated carbocycles. The monoisotopic (exact) mass is 551 g/mol. The van der Waals surface area contributed by atoms with E-state index in [0.717, 1.165) is 0 Å². The Morgan fingerprint density at radius 3 is 1.95 bits per heavy atom. The van der Waals surface area contributed by atoms with Gasteiger partial charge in [-0.3, -0.25) is 24.0 Å². The van der Waals surface area contributed by atoms with Crippen molar-refractivity contribution >= 4 is 35.6 Å². The molecule has 5 atom stereocenters. The molecule has 1 aromatic carbocycles. The molecule has 10 N–H and O–H groups in total. The number of carbonyl (C=O) groups is 6. The van der Waals surface area contributed by atoms with Gasteiger partial charge in [0.25, 0.3) is 0 Å². The van der Waals surface area contributed by atoms with Crippen LogP contribution in [0.2, 0.25) is 0 Å². The van der Waals surface area contributed by atoms with Crippen LogP contribution in [-0.4, -0.2) is 75.1 Å². The highest BCUT2D eigenvalue weighted by Gasteiger charge is 2.33. The van der Waals surface area contributed by atoms with Gasteiger partial charge in [-0.15, -0.1) is 0 Å². The quantitative estimate of drug-likeness (QED) is 0.117. The predicted octanol–water partition coefficient (Wildman–Crippen LogP) is -1.02. The fourth-order valence-corrected chi connectivity index (χ4v) is 3.53. The van der Waals surface area contributed by atoms with E-state index in [0.29, 0.717) is 12.0 Å². The molecule has 0 aliphatic heterocycles. The molecule has 39 heavy (non-hydrogen) atoms. The first kappa shape index (κ1) is 32.8. The summed E-state index contributed by atoms with van der Waals surface area (Å²) >= 11 is 0. The van der Waals surface area contributed by atoms with Crippen LogP contribution in [0.25, 0.3) is 0 Å². The van der Waals surface area contributed by atoms with Gasteiger partial charge in [-0.05, 0) is 36.5 Å². The highest BCUT2D eigenvalue weighted by Crippen LogP contribution is 2.14. The van der Waals surface area contributed by atoms with Crippen molar-refractivity contribution in [2.45, 2.75) is 76.5 Å². The van der Waals surface area contributed by atoms with E-state index in [1.165, 1.54) is 24.3 Å². The molecule has 0 radical (unpaired) electrons. The van der Waals surface area contributed by atoms with Gasteiger partial charge in [-0.1, -0.05) is 32.4 Å². The summed E-state index contributed by atoms with van der Waals surface area (Å²) in [5.41, 5.74) is 11.5. The summed E-state index contributed by atoms with van der Waals surface area (Å²) in [6, 6.07) is 0.771. The summed E-state index contributed by atoms with van der Waals surface area (Å²) < 4.78 is 0. The van der Waals surface area contributed by atoms with Gasteiger partial charge in [0, 0.05) is 19.3 Å². The van der Waals surface area contributed by atoms with Gasteiger partial charge in [0.1, 0.15) is 23.9 Å². The first-order chi connectivity index (χ1) is 18.2. The van der Waals surface area contributed by atoms with Crippen molar-refractivity contribution in [2.75, 3.05) is 0 Å². The molecule has 0 saturated heterocycles. The number of phenolic OH excluding ortho intramolecular Hbond substituents is 1. The Morgan fingerprint density at radius 1 is 0.846 bits per heavy atom. The Morgan fingerprint density at radius 2 is 1.44 bits per heavy atom. The molecule has 1 aromatic rings. The number of amides is 4. The SMILES string of the molecule is CCC(C)C(NC(=O)C(Cc1ccc(O)cc1)NC(=O)C(N)CCC(N)=O)C(=O)NC(CCC(=O)O)C(=O)O. The molecule has 0 heterocycles. The molecule has 0 bridgehead atoms. The van der Waals surface area contributed by atoms with E-state index in [1.54, 1.807) is 13.8 Å². The molecule has 1 rings (SSSR count). The van der Waals surface area contributed by atoms with Crippen LogP contribution in [0.3, 0.4) is 0 Å². The number of hydrogen-bond donors (Lipinski definition) is 8. The van der Waals surface area contributed by atoms with Gasteiger partial charge in [0.2, 0.25) is 23.6 Å². The van der Waals surface area contributed by atoms with Crippen LogP contribution in [0.15, 0.2) is 24.3 Å². The second-order valence-electron chi connectivity index (χ2n) is 9.25. The second-order valence-corrected chi connectivity index (χ2v) is 9.25. The number of hydrogen-bond acceptors (Lipinski definition) is 8. The summed E-state index contributed by atoms with van der Waals surface area (Å²) in [5, 5.41) is 35.2. The van der Waals surface area contributed by atoms with Crippen molar-refractivity contribution in [3.8, 4) is 5.75 Å². The lowest BCUT2D eigenvalue weighted by atomic mass is 9.96. The van der Waals surface area contributed by atoms with Crippen molar-refractivity contribution in [1.82, 2.24) is 16.0 Å². The zero-order chi connectivity index (χ0) is 29.7. The minimum Gasteiger partial charge on any atom is -0.508 e. The van der Waals surface area contributed by atoms with Crippen LogP contribution in [0.1, 0.15) is 51.5 Å². The van der Waals surface area contributed by atoms with Gasteiger partial charge in [-0.2, -0.15) is 0 Å². The number of rotatable bonds is 17.